The number of aryl methyl sites for hydroxylation is 1. The van der Waals surface area contributed by atoms with Crippen LogP contribution in [0.5, 0.6) is 0 Å². The zero-order chi connectivity index (χ0) is 15.0. The quantitative estimate of drug-likeness (QED) is 0.807. The van der Waals surface area contributed by atoms with Crippen molar-refractivity contribution in [3.63, 3.8) is 0 Å². The first kappa shape index (κ1) is 15.0. The molecule has 3 nitrogen and oxygen atoms in total. The van der Waals surface area contributed by atoms with E-state index in [1.165, 1.54) is 5.56 Å². The van der Waals surface area contributed by atoms with Gasteiger partial charge in [-0.15, -0.1) is 0 Å². The van der Waals surface area contributed by atoms with Crippen molar-refractivity contribution < 1.29 is 9.84 Å². The van der Waals surface area contributed by atoms with Crippen LogP contribution in [0.2, 0.25) is 0 Å². The van der Waals surface area contributed by atoms with Crippen LogP contribution in [0.3, 0.4) is 0 Å². The summed E-state index contributed by atoms with van der Waals surface area (Å²) in [6.07, 6.45) is 3.11. The van der Waals surface area contributed by atoms with Gasteiger partial charge in [-0.3, -0.25) is 4.90 Å². The van der Waals surface area contributed by atoms with Crippen LogP contribution in [0.25, 0.3) is 0 Å². The van der Waals surface area contributed by atoms with E-state index in [0.717, 1.165) is 37.9 Å². The van der Waals surface area contributed by atoms with Crippen LogP contribution in [-0.2, 0) is 11.2 Å². The lowest BCUT2D eigenvalue weighted by Gasteiger charge is -2.46. The molecule has 1 saturated heterocycles. The van der Waals surface area contributed by atoms with Crippen LogP contribution >= 0.6 is 0 Å². The summed E-state index contributed by atoms with van der Waals surface area (Å²) in [5.74, 6) is 0. The van der Waals surface area contributed by atoms with Crippen molar-refractivity contribution in [2.45, 2.75) is 63.9 Å². The molecule has 0 saturated carbocycles. The molecule has 1 aliphatic heterocycles. The minimum absolute atomic E-state index is 0.136. The highest BCUT2D eigenvalue weighted by atomic mass is 16.5. The van der Waals surface area contributed by atoms with Crippen LogP contribution in [0, 0.1) is 0 Å². The van der Waals surface area contributed by atoms with E-state index >= 15 is 0 Å². The molecule has 3 heteroatoms. The Balaban J connectivity index is 1.85. The molecule has 2 aliphatic rings. The fourth-order valence-corrected chi connectivity index (χ4v) is 4.06. The normalized spacial score (nSPS) is 33.2. The van der Waals surface area contributed by atoms with Gasteiger partial charge in [0.25, 0.3) is 0 Å². The highest BCUT2D eigenvalue weighted by Gasteiger charge is 2.38. The summed E-state index contributed by atoms with van der Waals surface area (Å²) in [6.45, 7) is 8.22. The van der Waals surface area contributed by atoms with Gasteiger partial charge in [-0.2, -0.15) is 0 Å². The molecule has 0 aromatic heterocycles. The topological polar surface area (TPSA) is 32.7 Å². The summed E-state index contributed by atoms with van der Waals surface area (Å²) in [6, 6.07) is 8.57. The summed E-state index contributed by atoms with van der Waals surface area (Å²) >= 11 is 0. The number of benzene rings is 1. The molecule has 21 heavy (non-hydrogen) atoms. The number of fused-ring (bicyclic) bond motifs is 1. The number of ether oxygens (including phenoxy) is 1. The van der Waals surface area contributed by atoms with E-state index in [2.05, 4.69) is 43.9 Å². The van der Waals surface area contributed by atoms with Crippen molar-refractivity contribution in [1.82, 2.24) is 4.90 Å². The highest BCUT2D eigenvalue weighted by molar-refractivity contribution is 5.31. The third-order valence-electron chi connectivity index (χ3n) is 4.75. The average Bonchev–Trinajstić information content (AvgIpc) is 2.56. The molecule has 3 unspecified atom stereocenters. The summed E-state index contributed by atoms with van der Waals surface area (Å²) in [5.41, 5.74) is 2.30. The third-order valence-corrected chi connectivity index (χ3v) is 4.75. The molecule has 1 N–H and O–H groups in total. The van der Waals surface area contributed by atoms with Crippen molar-refractivity contribution in [2.75, 3.05) is 13.1 Å². The zero-order valence-corrected chi connectivity index (χ0v) is 13.4. The Bertz CT molecular complexity index is 500. The number of hydrogen-bond acceptors (Lipinski definition) is 3. The lowest BCUT2D eigenvalue weighted by Crippen LogP contribution is -2.56. The van der Waals surface area contributed by atoms with Gasteiger partial charge in [0.15, 0.2) is 0 Å². The molecule has 116 valence electrons. The SMILES string of the molecule is CC1CN(C2CCCc3ccccc3C2O)CC(C)(C)O1. The van der Waals surface area contributed by atoms with Gasteiger partial charge in [0, 0.05) is 19.1 Å². The van der Waals surface area contributed by atoms with Crippen LogP contribution < -0.4 is 0 Å². The molecule has 0 spiro atoms. The van der Waals surface area contributed by atoms with E-state index in [9.17, 15) is 5.11 Å². The Kier molecular flexibility index (Phi) is 4.08. The van der Waals surface area contributed by atoms with Gasteiger partial charge in [-0.1, -0.05) is 24.3 Å². The second-order valence-corrected chi connectivity index (χ2v) is 7.22. The lowest BCUT2D eigenvalue weighted by molar-refractivity contribution is -0.148. The van der Waals surface area contributed by atoms with Gasteiger partial charge in [-0.25, -0.2) is 0 Å². The van der Waals surface area contributed by atoms with Gasteiger partial charge in [-0.05, 0) is 51.2 Å². The minimum atomic E-state index is -0.384. The van der Waals surface area contributed by atoms with Gasteiger partial charge in [0.2, 0.25) is 0 Å². The molecule has 1 heterocycles. The lowest BCUT2D eigenvalue weighted by atomic mass is 9.95. The second kappa shape index (κ2) is 5.71. The summed E-state index contributed by atoms with van der Waals surface area (Å²) in [5, 5.41) is 10.9. The Hall–Kier alpha value is -0.900. The predicted octanol–water partition coefficient (Wildman–Crippen LogP) is 2.92. The number of hydrogen-bond donors (Lipinski definition) is 1. The number of aliphatic hydroxyl groups excluding tert-OH is 1. The molecular formula is C18H27NO2. The first-order valence-electron chi connectivity index (χ1n) is 8.14. The van der Waals surface area contributed by atoms with E-state index in [1.807, 2.05) is 6.07 Å². The monoisotopic (exact) mass is 289 g/mol. The zero-order valence-electron chi connectivity index (χ0n) is 13.4. The van der Waals surface area contributed by atoms with Gasteiger partial charge < -0.3 is 9.84 Å². The van der Waals surface area contributed by atoms with Crippen LogP contribution in [0.4, 0.5) is 0 Å². The smallest absolute Gasteiger partial charge is 0.0947 e. The summed E-state index contributed by atoms with van der Waals surface area (Å²) in [7, 11) is 0. The maximum atomic E-state index is 10.9. The van der Waals surface area contributed by atoms with Gasteiger partial charge in [0.05, 0.1) is 17.8 Å². The third kappa shape index (κ3) is 3.15. The molecule has 1 aliphatic carbocycles. The number of morpholine rings is 1. The standard InChI is InChI=1S/C18H27NO2/c1-13-11-19(12-18(2,3)21-13)16-10-6-8-14-7-4-5-9-15(14)17(16)20/h4-5,7,9,13,16-17,20H,6,8,10-12H2,1-3H3. The minimum Gasteiger partial charge on any atom is -0.387 e. The van der Waals surface area contributed by atoms with E-state index in [-0.39, 0.29) is 23.9 Å². The summed E-state index contributed by atoms with van der Waals surface area (Å²) in [4.78, 5) is 2.45. The Labute approximate surface area is 127 Å². The van der Waals surface area contributed by atoms with E-state index in [1.54, 1.807) is 0 Å². The van der Waals surface area contributed by atoms with Crippen molar-refractivity contribution in [3.05, 3.63) is 35.4 Å². The fraction of sp³-hybridized carbons (Fsp3) is 0.667. The van der Waals surface area contributed by atoms with Crippen LogP contribution in [-0.4, -0.2) is 40.8 Å². The molecule has 1 fully saturated rings. The Morgan fingerprint density at radius 3 is 2.81 bits per heavy atom. The predicted molar refractivity (Wildman–Crippen MR) is 84.3 cm³/mol. The first-order valence-corrected chi connectivity index (χ1v) is 8.14. The van der Waals surface area contributed by atoms with Crippen LogP contribution in [0.1, 0.15) is 50.8 Å². The maximum Gasteiger partial charge on any atom is 0.0947 e. The molecule has 0 amide bonds. The van der Waals surface area contributed by atoms with E-state index in [0.29, 0.717) is 0 Å². The highest BCUT2D eigenvalue weighted by Crippen LogP contribution is 2.34. The molecule has 1 aromatic rings. The fourth-order valence-electron chi connectivity index (χ4n) is 4.06. The van der Waals surface area contributed by atoms with Crippen molar-refractivity contribution in [2.24, 2.45) is 0 Å². The summed E-state index contributed by atoms with van der Waals surface area (Å²) < 4.78 is 6.01. The van der Waals surface area contributed by atoms with Crippen molar-refractivity contribution in [3.8, 4) is 0 Å². The molecule has 3 rings (SSSR count). The maximum absolute atomic E-state index is 10.9. The second-order valence-electron chi connectivity index (χ2n) is 7.22. The van der Waals surface area contributed by atoms with Gasteiger partial charge >= 0.3 is 0 Å². The van der Waals surface area contributed by atoms with Crippen molar-refractivity contribution >= 4 is 0 Å². The van der Waals surface area contributed by atoms with E-state index < -0.39 is 0 Å². The number of aliphatic hydroxyl groups is 1. The molecular weight excluding hydrogens is 262 g/mol. The van der Waals surface area contributed by atoms with E-state index in [4.69, 9.17) is 4.74 Å². The molecule has 3 atom stereocenters. The average molecular weight is 289 g/mol. The Morgan fingerprint density at radius 1 is 1.29 bits per heavy atom. The van der Waals surface area contributed by atoms with Gasteiger partial charge in [0.1, 0.15) is 0 Å². The number of rotatable bonds is 1. The first-order chi connectivity index (χ1) is 9.96. The van der Waals surface area contributed by atoms with Crippen LogP contribution in [0.15, 0.2) is 24.3 Å². The Morgan fingerprint density at radius 2 is 2.05 bits per heavy atom. The number of nitrogens with zero attached hydrogens (tertiary/aromatic N) is 1. The largest absolute Gasteiger partial charge is 0.387 e. The molecule has 1 aromatic carbocycles. The van der Waals surface area contributed by atoms with Crippen molar-refractivity contribution in [1.29, 1.82) is 0 Å². The molecule has 0 radical (unpaired) electrons. The molecule has 0 bridgehead atoms.